The van der Waals surface area contributed by atoms with E-state index in [2.05, 4.69) is 5.32 Å². The fourth-order valence-electron chi connectivity index (χ4n) is 2.73. The third-order valence-electron chi connectivity index (χ3n) is 4.28. The number of amides is 1. The highest BCUT2D eigenvalue weighted by molar-refractivity contribution is 7.92. The Bertz CT molecular complexity index is 667. The van der Waals surface area contributed by atoms with Gasteiger partial charge in [-0.25, -0.2) is 8.42 Å². The number of ether oxygens (including phenoxy) is 1. The van der Waals surface area contributed by atoms with E-state index in [1.54, 1.807) is 26.2 Å². The van der Waals surface area contributed by atoms with Gasteiger partial charge in [-0.1, -0.05) is 13.8 Å². The minimum absolute atomic E-state index is 0.138. The Labute approximate surface area is 132 Å². The van der Waals surface area contributed by atoms with Gasteiger partial charge in [-0.2, -0.15) is 0 Å². The van der Waals surface area contributed by atoms with Gasteiger partial charge in [0.2, 0.25) is 0 Å². The van der Waals surface area contributed by atoms with Gasteiger partial charge in [0.25, 0.3) is 5.91 Å². The molecule has 1 fully saturated rings. The lowest BCUT2D eigenvalue weighted by Crippen LogP contribution is -2.40. The zero-order valence-corrected chi connectivity index (χ0v) is 14.2. The van der Waals surface area contributed by atoms with E-state index in [4.69, 9.17) is 4.74 Å². The van der Waals surface area contributed by atoms with Crippen LogP contribution < -0.4 is 10.1 Å². The Balaban J connectivity index is 2.19. The van der Waals surface area contributed by atoms with Crippen LogP contribution in [0.25, 0.3) is 0 Å². The Morgan fingerprint density at radius 2 is 2.05 bits per heavy atom. The van der Waals surface area contributed by atoms with Crippen molar-refractivity contribution in [1.29, 1.82) is 0 Å². The van der Waals surface area contributed by atoms with Crippen LogP contribution in [0.1, 0.15) is 49.0 Å². The smallest absolute Gasteiger partial charge is 0.251 e. The number of hydrogen-bond donors (Lipinski definition) is 1. The van der Waals surface area contributed by atoms with Crippen molar-refractivity contribution in [3.63, 3.8) is 0 Å². The third kappa shape index (κ3) is 3.27. The van der Waals surface area contributed by atoms with Crippen molar-refractivity contribution in [2.24, 2.45) is 0 Å². The summed E-state index contributed by atoms with van der Waals surface area (Å²) in [6.07, 6.45) is 0.475. The Morgan fingerprint density at radius 3 is 2.55 bits per heavy atom. The van der Waals surface area contributed by atoms with Crippen molar-refractivity contribution in [2.75, 3.05) is 12.9 Å². The highest BCUT2D eigenvalue weighted by Crippen LogP contribution is 2.27. The van der Waals surface area contributed by atoms with Crippen LogP contribution >= 0.6 is 0 Å². The van der Waals surface area contributed by atoms with Gasteiger partial charge in [-0.3, -0.25) is 4.79 Å². The van der Waals surface area contributed by atoms with Crippen LogP contribution in [0.15, 0.2) is 18.2 Å². The molecule has 1 aliphatic heterocycles. The summed E-state index contributed by atoms with van der Waals surface area (Å²) in [5, 5.41) is 2.32. The molecule has 2 rings (SSSR count). The number of carbonyl (C=O) groups is 1. The molecule has 1 heterocycles. The van der Waals surface area contributed by atoms with Gasteiger partial charge in [0, 0.05) is 11.6 Å². The van der Waals surface area contributed by atoms with Crippen LogP contribution in [0.3, 0.4) is 0 Å². The predicted octanol–water partition coefficient (Wildman–Crippen LogP) is 2.12. The zero-order valence-electron chi connectivity index (χ0n) is 13.4. The standard InChI is InChI=1S/C16H23NO4S/c1-10(2)13-9-12(5-6-15(13)21-4)16(18)17-14-7-8-22(19,20)11(14)3/h5-6,9-11,14H,7-8H2,1-4H3,(H,17,18)/t11-,14-/m0/s1. The molecule has 5 nitrogen and oxygen atoms in total. The SMILES string of the molecule is COc1ccc(C(=O)N[C@H]2CCS(=O)(=O)[C@H]2C)cc1C(C)C. The van der Waals surface area contributed by atoms with E-state index < -0.39 is 15.1 Å². The molecule has 0 saturated carbocycles. The average molecular weight is 325 g/mol. The molecule has 6 heteroatoms. The first-order chi connectivity index (χ1) is 10.3. The highest BCUT2D eigenvalue weighted by atomic mass is 32.2. The zero-order chi connectivity index (χ0) is 16.5. The summed E-state index contributed by atoms with van der Waals surface area (Å²) >= 11 is 0. The summed E-state index contributed by atoms with van der Waals surface area (Å²) < 4.78 is 28.8. The molecule has 1 amide bonds. The number of benzene rings is 1. The molecule has 22 heavy (non-hydrogen) atoms. The van der Waals surface area contributed by atoms with Gasteiger partial charge < -0.3 is 10.1 Å². The summed E-state index contributed by atoms with van der Waals surface area (Å²) in [5.74, 6) is 0.884. The van der Waals surface area contributed by atoms with Crippen molar-refractivity contribution in [3.05, 3.63) is 29.3 Å². The first-order valence-electron chi connectivity index (χ1n) is 7.46. The molecular formula is C16H23NO4S. The third-order valence-corrected chi connectivity index (χ3v) is 6.54. The molecule has 2 atom stereocenters. The number of hydrogen-bond acceptors (Lipinski definition) is 4. The molecule has 0 unspecified atom stereocenters. The Kier molecular flexibility index (Phi) is 4.80. The van der Waals surface area contributed by atoms with E-state index in [-0.39, 0.29) is 23.6 Å². The first kappa shape index (κ1) is 16.8. The lowest BCUT2D eigenvalue weighted by Gasteiger charge is -2.18. The maximum Gasteiger partial charge on any atom is 0.251 e. The molecule has 0 radical (unpaired) electrons. The van der Waals surface area contributed by atoms with E-state index in [1.807, 2.05) is 19.9 Å². The topological polar surface area (TPSA) is 72.5 Å². The maximum absolute atomic E-state index is 12.4. The second-order valence-electron chi connectivity index (χ2n) is 6.05. The lowest BCUT2D eigenvalue weighted by atomic mass is 9.99. The number of methoxy groups -OCH3 is 1. The molecule has 122 valence electrons. The van der Waals surface area contributed by atoms with E-state index in [1.165, 1.54) is 0 Å². The van der Waals surface area contributed by atoms with Crippen molar-refractivity contribution in [3.8, 4) is 5.75 Å². The van der Waals surface area contributed by atoms with Crippen LogP contribution in [-0.2, 0) is 9.84 Å². The van der Waals surface area contributed by atoms with Crippen molar-refractivity contribution in [1.82, 2.24) is 5.32 Å². The molecule has 1 aromatic carbocycles. The van der Waals surface area contributed by atoms with Gasteiger partial charge >= 0.3 is 0 Å². The van der Waals surface area contributed by atoms with E-state index in [9.17, 15) is 13.2 Å². The summed E-state index contributed by atoms with van der Waals surface area (Å²) in [5.41, 5.74) is 1.49. The van der Waals surface area contributed by atoms with Gasteiger partial charge in [0.1, 0.15) is 5.75 Å². The van der Waals surface area contributed by atoms with E-state index in [0.29, 0.717) is 12.0 Å². The second-order valence-corrected chi connectivity index (χ2v) is 8.53. The van der Waals surface area contributed by atoms with Gasteiger partial charge in [-0.15, -0.1) is 0 Å². The normalized spacial score (nSPS) is 23.5. The van der Waals surface area contributed by atoms with Crippen LogP contribution in [0.5, 0.6) is 5.75 Å². The number of sulfone groups is 1. The van der Waals surface area contributed by atoms with Crippen LogP contribution in [0.4, 0.5) is 0 Å². The van der Waals surface area contributed by atoms with Gasteiger partial charge in [-0.05, 0) is 43.0 Å². The first-order valence-corrected chi connectivity index (χ1v) is 9.18. The van der Waals surface area contributed by atoms with Gasteiger partial charge in [0.05, 0.1) is 18.1 Å². The lowest BCUT2D eigenvalue weighted by molar-refractivity contribution is 0.0937. The Morgan fingerprint density at radius 1 is 1.36 bits per heavy atom. The summed E-state index contributed by atoms with van der Waals surface area (Å²) in [4.78, 5) is 12.4. The molecule has 0 aliphatic carbocycles. The molecule has 1 saturated heterocycles. The molecule has 1 N–H and O–H groups in total. The molecule has 1 aromatic rings. The summed E-state index contributed by atoms with van der Waals surface area (Å²) in [6.45, 7) is 5.72. The largest absolute Gasteiger partial charge is 0.496 e. The van der Waals surface area contributed by atoms with E-state index >= 15 is 0 Å². The predicted molar refractivity (Wildman–Crippen MR) is 86.2 cm³/mol. The molecule has 0 spiro atoms. The highest BCUT2D eigenvalue weighted by Gasteiger charge is 2.37. The number of carbonyl (C=O) groups excluding carboxylic acids is 1. The minimum atomic E-state index is -3.07. The maximum atomic E-state index is 12.4. The minimum Gasteiger partial charge on any atom is -0.496 e. The monoisotopic (exact) mass is 325 g/mol. The van der Waals surface area contributed by atoms with Crippen LogP contribution in [0.2, 0.25) is 0 Å². The van der Waals surface area contributed by atoms with Gasteiger partial charge in [0.15, 0.2) is 9.84 Å². The van der Waals surface area contributed by atoms with Crippen molar-refractivity contribution >= 4 is 15.7 Å². The molecule has 0 aromatic heterocycles. The fourth-order valence-corrected chi connectivity index (χ4v) is 4.39. The number of rotatable bonds is 4. The quantitative estimate of drug-likeness (QED) is 0.920. The molecular weight excluding hydrogens is 302 g/mol. The second kappa shape index (κ2) is 6.28. The van der Waals surface area contributed by atoms with E-state index in [0.717, 1.165) is 11.3 Å². The summed E-state index contributed by atoms with van der Waals surface area (Å²) in [7, 11) is -1.47. The average Bonchev–Trinajstić information content (AvgIpc) is 2.73. The Hall–Kier alpha value is -1.56. The summed E-state index contributed by atoms with van der Waals surface area (Å²) in [6, 6.07) is 4.97. The molecule has 1 aliphatic rings. The van der Waals surface area contributed by atoms with Crippen LogP contribution in [0, 0.1) is 0 Å². The van der Waals surface area contributed by atoms with Crippen molar-refractivity contribution in [2.45, 2.75) is 44.4 Å². The fraction of sp³-hybridized carbons (Fsp3) is 0.562. The van der Waals surface area contributed by atoms with Crippen molar-refractivity contribution < 1.29 is 17.9 Å². The number of nitrogens with one attached hydrogen (secondary N) is 1. The molecule has 0 bridgehead atoms. The van der Waals surface area contributed by atoms with Crippen LogP contribution in [-0.4, -0.2) is 38.5 Å².